The van der Waals surface area contributed by atoms with E-state index < -0.39 is 11.5 Å². The highest BCUT2D eigenvalue weighted by molar-refractivity contribution is 5.95. The standard InChI is InChI=1S/C25H21N5O4/c1-4-34-25(33)21-15(3)27-28-22(21)30-12-10-19-17(24(30)32)13-16-18(26-19)9-11-29(23(16)31)20-8-6-5-7-14(20)2/h5-13H,4H2,1-3H3,(H,27,28). The molecular weight excluding hydrogens is 434 g/mol. The van der Waals surface area contributed by atoms with E-state index in [-0.39, 0.29) is 28.9 Å². The molecule has 170 valence electrons. The Hall–Kier alpha value is -4.53. The molecule has 0 unspecified atom stereocenters. The number of aromatic nitrogens is 5. The molecule has 0 aliphatic heterocycles. The average molecular weight is 455 g/mol. The molecule has 0 aliphatic rings. The number of carbonyl (C=O) groups is 1. The number of para-hydroxylation sites is 1. The largest absolute Gasteiger partial charge is 0.462 e. The summed E-state index contributed by atoms with van der Waals surface area (Å²) in [6, 6.07) is 12.5. The summed E-state index contributed by atoms with van der Waals surface area (Å²) in [6.45, 7) is 5.50. The van der Waals surface area contributed by atoms with Gasteiger partial charge in [0.05, 0.1) is 34.1 Å². The first-order chi connectivity index (χ1) is 16.4. The molecule has 0 fully saturated rings. The molecule has 1 N–H and O–H groups in total. The van der Waals surface area contributed by atoms with Crippen LogP contribution in [0.4, 0.5) is 0 Å². The minimum Gasteiger partial charge on any atom is -0.462 e. The second-order valence-electron chi connectivity index (χ2n) is 7.89. The van der Waals surface area contributed by atoms with Gasteiger partial charge in [-0.3, -0.25) is 23.8 Å². The molecule has 0 atom stereocenters. The van der Waals surface area contributed by atoms with Crippen LogP contribution in [-0.4, -0.2) is 36.9 Å². The summed E-state index contributed by atoms with van der Waals surface area (Å²) in [6.07, 6.45) is 3.20. The smallest absolute Gasteiger partial charge is 0.343 e. The monoisotopic (exact) mass is 455 g/mol. The topological polar surface area (TPSA) is 112 Å². The Morgan fingerprint density at radius 3 is 2.29 bits per heavy atom. The molecule has 5 aromatic rings. The van der Waals surface area contributed by atoms with E-state index in [0.717, 1.165) is 11.3 Å². The van der Waals surface area contributed by atoms with E-state index in [9.17, 15) is 14.4 Å². The number of aryl methyl sites for hydroxylation is 2. The number of esters is 1. The summed E-state index contributed by atoms with van der Waals surface area (Å²) in [4.78, 5) is 43.8. The lowest BCUT2D eigenvalue weighted by molar-refractivity contribution is 0.0525. The number of hydrogen-bond acceptors (Lipinski definition) is 6. The average Bonchev–Trinajstić information content (AvgIpc) is 3.21. The first-order valence-electron chi connectivity index (χ1n) is 10.8. The fourth-order valence-corrected chi connectivity index (χ4v) is 4.05. The van der Waals surface area contributed by atoms with Gasteiger partial charge in [-0.05, 0) is 50.6 Å². The second kappa shape index (κ2) is 8.11. The maximum atomic E-state index is 13.4. The van der Waals surface area contributed by atoms with Crippen LogP contribution in [0.1, 0.15) is 28.5 Å². The van der Waals surface area contributed by atoms with Crippen LogP contribution in [-0.2, 0) is 4.74 Å². The fraction of sp³-hybridized carbons (Fsp3) is 0.160. The molecule has 4 heterocycles. The summed E-state index contributed by atoms with van der Waals surface area (Å²) in [5, 5.41) is 7.45. The molecule has 0 saturated carbocycles. The molecule has 9 heteroatoms. The quantitative estimate of drug-likeness (QED) is 0.329. The van der Waals surface area contributed by atoms with Gasteiger partial charge in [0.15, 0.2) is 5.82 Å². The van der Waals surface area contributed by atoms with E-state index in [0.29, 0.717) is 22.1 Å². The summed E-state index contributed by atoms with van der Waals surface area (Å²) in [7, 11) is 0. The normalized spacial score (nSPS) is 11.3. The van der Waals surface area contributed by atoms with Gasteiger partial charge in [0.1, 0.15) is 5.56 Å². The molecule has 0 aliphatic carbocycles. The molecule has 4 aromatic heterocycles. The Labute approximate surface area is 193 Å². The van der Waals surface area contributed by atoms with E-state index in [1.807, 2.05) is 31.2 Å². The molecule has 5 rings (SSSR count). The lowest BCUT2D eigenvalue weighted by atomic mass is 10.1. The SMILES string of the molecule is CCOC(=O)c1c(-n2ccc3nc4ccn(-c5ccccc5C)c(=O)c4cc3c2=O)n[nH]c1C. The fourth-order valence-electron chi connectivity index (χ4n) is 4.05. The zero-order valence-corrected chi connectivity index (χ0v) is 18.8. The van der Waals surface area contributed by atoms with Gasteiger partial charge in [-0.25, -0.2) is 9.78 Å². The number of nitrogens with one attached hydrogen (secondary N) is 1. The summed E-state index contributed by atoms with van der Waals surface area (Å²) >= 11 is 0. The Morgan fingerprint density at radius 1 is 0.971 bits per heavy atom. The van der Waals surface area contributed by atoms with Crippen LogP contribution in [0.25, 0.3) is 33.3 Å². The van der Waals surface area contributed by atoms with Crippen molar-refractivity contribution in [2.75, 3.05) is 6.61 Å². The Morgan fingerprint density at radius 2 is 1.62 bits per heavy atom. The zero-order valence-electron chi connectivity index (χ0n) is 18.8. The molecule has 0 saturated heterocycles. The highest BCUT2D eigenvalue weighted by Crippen LogP contribution is 2.20. The lowest BCUT2D eigenvalue weighted by Crippen LogP contribution is -2.22. The van der Waals surface area contributed by atoms with Crippen LogP contribution in [0.5, 0.6) is 0 Å². The van der Waals surface area contributed by atoms with Gasteiger partial charge < -0.3 is 4.74 Å². The predicted molar refractivity (Wildman–Crippen MR) is 128 cm³/mol. The van der Waals surface area contributed by atoms with E-state index >= 15 is 0 Å². The van der Waals surface area contributed by atoms with Crippen LogP contribution in [0.15, 0.2) is 64.4 Å². The van der Waals surface area contributed by atoms with Crippen molar-refractivity contribution in [1.29, 1.82) is 0 Å². The number of H-pyrrole nitrogens is 1. The van der Waals surface area contributed by atoms with Crippen molar-refractivity contribution >= 4 is 27.8 Å². The molecule has 0 radical (unpaired) electrons. The lowest BCUT2D eigenvalue weighted by Gasteiger charge is -2.11. The first kappa shape index (κ1) is 21.3. The molecule has 1 aromatic carbocycles. The third-order valence-electron chi connectivity index (χ3n) is 5.75. The van der Waals surface area contributed by atoms with Crippen LogP contribution in [0.3, 0.4) is 0 Å². The molecule has 0 amide bonds. The van der Waals surface area contributed by atoms with Gasteiger partial charge >= 0.3 is 5.97 Å². The first-order valence-corrected chi connectivity index (χ1v) is 10.8. The minimum absolute atomic E-state index is 0.133. The number of nitrogens with zero attached hydrogens (tertiary/aromatic N) is 4. The van der Waals surface area contributed by atoms with Gasteiger partial charge in [-0.15, -0.1) is 0 Å². The number of rotatable bonds is 4. The summed E-state index contributed by atoms with van der Waals surface area (Å²) in [5.74, 6) is -0.443. The van der Waals surface area contributed by atoms with E-state index in [4.69, 9.17) is 4.74 Å². The predicted octanol–water partition coefficient (Wildman–Crippen LogP) is 3.21. The Bertz CT molecular complexity index is 1710. The Kier molecular flexibility index (Phi) is 5.09. The molecule has 9 nitrogen and oxygen atoms in total. The highest BCUT2D eigenvalue weighted by Gasteiger charge is 2.22. The van der Waals surface area contributed by atoms with Crippen molar-refractivity contribution in [2.24, 2.45) is 0 Å². The van der Waals surface area contributed by atoms with Crippen LogP contribution < -0.4 is 11.1 Å². The number of ether oxygens (including phenoxy) is 1. The van der Waals surface area contributed by atoms with E-state index in [2.05, 4.69) is 15.2 Å². The van der Waals surface area contributed by atoms with Crippen molar-refractivity contribution < 1.29 is 9.53 Å². The van der Waals surface area contributed by atoms with Crippen molar-refractivity contribution in [3.05, 3.63) is 92.4 Å². The van der Waals surface area contributed by atoms with Gasteiger partial charge in [-0.1, -0.05) is 18.2 Å². The minimum atomic E-state index is -0.575. The highest BCUT2D eigenvalue weighted by atomic mass is 16.5. The summed E-state index contributed by atoms with van der Waals surface area (Å²) in [5.41, 5.74) is 2.56. The Balaban J connectivity index is 1.74. The number of fused-ring (bicyclic) bond motifs is 2. The van der Waals surface area contributed by atoms with Crippen molar-refractivity contribution in [1.82, 2.24) is 24.3 Å². The van der Waals surface area contributed by atoms with Crippen LogP contribution in [0.2, 0.25) is 0 Å². The van der Waals surface area contributed by atoms with Crippen molar-refractivity contribution in [3.8, 4) is 11.5 Å². The van der Waals surface area contributed by atoms with Crippen molar-refractivity contribution in [3.63, 3.8) is 0 Å². The molecule has 0 spiro atoms. The van der Waals surface area contributed by atoms with E-state index in [1.54, 1.807) is 42.8 Å². The molecule has 34 heavy (non-hydrogen) atoms. The molecular formula is C25H21N5O4. The third-order valence-corrected chi connectivity index (χ3v) is 5.75. The van der Waals surface area contributed by atoms with Gasteiger partial charge in [0, 0.05) is 18.1 Å². The van der Waals surface area contributed by atoms with Gasteiger partial charge in [-0.2, -0.15) is 5.10 Å². The maximum absolute atomic E-state index is 13.4. The van der Waals surface area contributed by atoms with E-state index in [1.165, 1.54) is 10.8 Å². The van der Waals surface area contributed by atoms with Crippen molar-refractivity contribution in [2.45, 2.75) is 20.8 Å². The number of pyridine rings is 3. The second-order valence-corrected chi connectivity index (χ2v) is 7.89. The third kappa shape index (κ3) is 3.29. The maximum Gasteiger partial charge on any atom is 0.343 e. The number of hydrogen-bond donors (Lipinski definition) is 1. The van der Waals surface area contributed by atoms with Gasteiger partial charge in [0.25, 0.3) is 11.1 Å². The number of carbonyl (C=O) groups excluding carboxylic acids is 1. The summed E-state index contributed by atoms with van der Waals surface area (Å²) < 4.78 is 7.93. The number of aromatic amines is 1. The molecule has 0 bridgehead atoms. The zero-order chi connectivity index (χ0) is 24.0. The van der Waals surface area contributed by atoms with Gasteiger partial charge in [0.2, 0.25) is 0 Å². The van der Waals surface area contributed by atoms with Crippen LogP contribution >= 0.6 is 0 Å². The van der Waals surface area contributed by atoms with Crippen LogP contribution in [0, 0.1) is 13.8 Å². The number of benzene rings is 1.